The number of ether oxygens (including phenoxy) is 2. The summed E-state index contributed by atoms with van der Waals surface area (Å²) >= 11 is 1.40. The summed E-state index contributed by atoms with van der Waals surface area (Å²) in [6, 6.07) is 0. The van der Waals surface area contributed by atoms with E-state index in [9.17, 15) is 14.4 Å². The lowest BCUT2D eigenvalue weighted by Crippen LogP contribution is -2.21. The topological polar surface area (TPSA) is 81.7 Å². The second-order valence-corrected chi connectivity index (χ2v) is 6.52. The molecule has 1 aliphatic carbocycles. The lowest BCUT2D eigenvalue weighted by molar-refractivity contribution is -0.142. The third-order valence-electron chi connectivity index (χ3n) is 3.71. The van der Waals surface area contributed by atoms with Gasteiger partial charge >= 0.3 is 11.9 Å². The van der Waals surface area contributed by atoms with Crippen LogP contribution in [0.3, 0.4) is 0 Å². The first-order valence-electron chi connectivity index (χ1n) is 7.89. The number of fused-ring (bicyclic) bond motifs is 1. The summed E-state index contributed by atoms with van der Waals surface area (Å²) in [6.07, 6.45) is 7.69. The van der Waals surface area contributed by atoms with Crippen molar-refractivity contribution in [2.24, 2.45) is 0 Å². The maximum absolute atomic E-state index is 12.2. The number of methoxy groups -OCH3 is 1. The van der Waals surface area contributed by atoms with E-state index in [1.807, 2.05) is 0 Å². The third kappa shape index (κ3) is 4.44. The van der Waals surface area contributed by atoms with Crippen LogP contribution in [0.5, 0.6) is 0 Å². The van der Waals surface area contributed by atoms with Gasteiger partial charge in [0, 0.05) is 11.0 Å². The first-order valence-corrected chi connectivity index (χ1v) is 8.70. The summed E-state index contributed by atoms with van der Waals surface area (Å²) in [5.41, 5.74) is 1.41. The highest BCUT2D eigenvalue weighted by Gasteiger charge is 2.26. The van der Waals surface area contributed by atoms with Crippen molar-refractivity contribution in [1.29, 1.82) is 0 Å². The van der Waals surface area contributed by atoms with Crippen LogP contribution in [0.1, 0.15) is 47.0 Å². The van der Waals surface area contributed by atoms with Gasteiger partial charge in [-0.15, -0.1) is 11.3 Å². The molecule has 0 aromatic carbocycles. The van der Waals surface area contributed by atoms with E-state index in [-0.39, 0.29) is 0 Å². The zero-order valence-electron chi connectivity index (χ0n) is 13.8. The molecule has 2 rings (SSSR count). The Morgan fingerprint density at radius 1 is 1.21 bits per heavy atom. The van der Waals surface area contributed by atoms with Crippen molar-refractivity contribution < 1.29 is 23.9 Å². The number of aryl methyl sites for hydroxylation is 1. The van der Waals surface area contributed by atoms with Crippen molar-refractivity contribution in [2.75, 3.05) is 19.0 Å². The van der Waals surface area contributed by atoms with Crippen molar-refractivity contribution in [3.63, 3.8) is 0 Å². The minimum Gasteiger partial charge on any atom is -0.465 e. The van der Waals surface area contributed by atoms with Gasteiger partial charge in [-0.05, 0) is 38.2 Å². The van der Waals surface area contributed by atoms with E-state index in [2.05, 4.69) is 5.32 Å². The van der Waals surface area contributed by atoms with Gasteiger partial charge in [0.2, 0.25) is 0 Å². The van der Waals surface area contributed by atoms with Crippen molar-refractivity contribution >= 4 is 34.2 Å². The van der Waals surface area contributed by atoms with Crippen LogP contribution in [-0.2, 0) is 31.9 Å². The van der Waals surface area contributed by atoms with Gasteiger partial charge in [0.25, 0.3) is 5.91 Å². The van der Waals surface area contributed by atoms with Gasteiger partial charge in [-0.3, -0.25) is 4.79 Å². The zero-order chi connectivity index (χ0) is 17.5. The molecule has 0 radical (unpaired) electrons. The van der Waals surface area contributed by atoms with Crippen LogP contribution >= 0.6 is 11.3 Å². The van der Waals surface area contributed by atoms with Crippen molar-refractivity contribution in [3.8, 4) is 0 Å². The summed E-state index contributed by atoms with van der Waals surface area (Å²) in [6.45, 7) is 1.29. The van der Waals surface area contributed by atoms with E-state index in [0.29, 0.717) is 10.6 Å². The number of hydrogen-bond acceptors (Lipinski definition) is 6. The molecule has 24 heavy (non-hydrogen) atoms. The molecular weight excluding hydrogens is 330 g/mol. The van der Waals surface area contributed by atoms with E-state index < -0.39 is 24.5 Å². The minimum atomic E-state index is -0.581. The fraction of sp³-hybridized carbons (Fsp3) is 0.471. The normalized spacial score (nSPS) is 13.9. The standard InChI is InChI=1S/C17H21NO5S/c1-3-7-14(20)23-10-13(19)18-16-15(17(21)22-2)11-8-5-4-6-9-12(11)24-16/h3,7H,4-6,8-10H2,1-2H3,(H,18,19). The van der Waals surface area contributed by atoms with Gasteiger partial charge in [-0.2, -0.15) is 0 Å². The molecule has 0 atom stereocenters. The molecule has 0 fully saturated rings. The molecule has 6 nitrogen and oxygen atoms in total. The van der Waals surface area contributed by atoms with Gasteiger partial charge in [0.05, 0.1) is 12.7 Å². The average Bonchev–Trinajstić information content (AvgIpc) is 2.74. The van der Waals surface area contributed by atoms with Crippen LogP contribution in [-0.4, -0.2) is 31.6 Å². The fourth-order valence-electron chi connectivity index (χ4n) is 2.63. The van der Waals surface area contributed by atoms with E-state index in [1.54, 1.807) is 6.92 Å². The fourth-order valence-corrected chi connectivity index (χ4v) is 3.93. The lowest BCUT2D eigenvalue weighted by atomic mass is 10.1. The van der Waals surface area contributed by atoms with E-state index in [0.717, 1.165) is 42.5 Å². The Balaban J connectivity index is 2.15. The Bertz CT molecular complexity index is 662. The number of nitrogens with one attached hydrogen (secondary N) is 1. The number of allylic oxidation sites excluding steroid dienone is 1. The Labute approximate surface area is 144 Å². The number of amides is 1. The number of rotatable bonds is 5. The monoisotopic (exact) mass is 351 g/mol. The first kappa shape index (κ1) is 18.2. The Hall–Kier alpha value is -2.15. The SMILES string of the molecule is CC=CC(=O)OCC(=O)Nc1sc2c(c1C(=O)OC)CCCCC2. The van der Waals surface area contributed by atoms with Crippen LogP contribution in [0.15, 0.2) is 12.2 Å². The molecule has 0 saturated carbocycles. The molecule has 0 bridgehead atoms. The number of carbonyl (C=O) groups excluding carboxylic acids is 3. The molecule has 7 heteroatoms. The van der Waals surface area contributed by atoms with Crippen LogP contribution < -0.4 is 5.32 Å². The van der Waals surface area contributed by atoms with Gasteiger partial charge in [-0.25, -0.2) is 9.59 Å². The smallest absolute Gasteiger partial charge is 0.341 e. The van der Waals surface area contributed by atoms with Crippen LogP contribution in [0, 0.1) is 0 Å². The van der Waals surface area contributed by atoms with Gasteiger partial charge in [0.1, 0.15) is 5.00 Å². The number of thiophene rings is 1. The average molecular weight is 351 g/mol. The minimum absolute atomic E-state index is 0.396. The molecule has 1 amide bonds. The van der Waals surface area contributed by atoms with E-state index >= 15 is 0 Å². The van der Waals surface area contributed by atoms with Gasteiger partial charge in [0.15, 0.2) is 6.61 Å². The zero-order valence-corrected chi connectivity index (χ0v) is 14.7. The Morgan fingerprint density at radius 2 is 1.96 bits per heavy atom. The second-order valence-electron chi connectivity index (χ2n) is 5.42. The van der Waals surface area contributed by atoms with Crippen LogP contribution in [0.2, 0.25) is 0 Å². The summed E-state index contributed by atoms with van der Waals surface area (Å²) in [5, 5.41) is 3.15. The number of hydrogen-bond donors (Lipinski definition) is 1. The van der Waals surface area contributed by atoms with Crippen molar-refractivity contribution in [1.82, 2.24) is 0 Å². The van der Waals surface area contributed by atoms with E-state index in [4.69, 9.17) is 9.47 Å². The molecular formula is C17H21NO5S. The molecule has 130 valence electrons. The number of carbonyl (C=O) groups is 3. The van der Waals surface area contributed by atoms with Crippen LogP contribution in [0.4, 0.5) is 5.00 Å². The number of esters is 2. The van der Waals surface area contributed by atoms with E-state index in [1.165, 1.54) is 30.6 Å². The lowest BCUT2D eigenvalue weighted by Gasteiger charge is -2.07. The Kier molecular flexibility index (Phi) is 6.54. The molecule has 1 heterocycles. The molecule has 1 aromatic heterocycles. The predicted molar refractivity (Wildman–Crippen MR) is 91.3 cm³/mol. The molecule has 0 saturated heterocycles. The third-order valence-corrected chi connectivity index (χ3v) is 4.92. The molecule has 0 aliphatic heterocycles. The largest absolute Gasteiger partial charge is 0.465 e. The highest BCUT2D eigenvalue weighted by atomic mass is 32.1. The number of anilines is 1. The Morgan fingerprint density at radius 3 is 2.67 bits per heavy atom. The quantitative estimate of drug-likeness (QED) is 0.501. The first-order chi connectivity index (χ1) is 11.6. The molecule has 0 unspecified atom stereocenters. The maximum Gasteiger partial charge on any atom is 0.341 e. The van der Waals surface area contributed by atoms with Crippen LogP contribution in [0.25, 0.3) is 0 Å². The molecule has 1 aromatic rings. The van der Waals surface area contributed by atoms with Crippen molar-refractivity contribution in [3.05, 3.63) is 28.2 Å². The second kappa shape index (κ2) is 8.63. The molecule has 1 N–H and O–H groups in total. The summed E-state index contributed by atoms with van der Waals surface area (Å²) in [4.78, 5) is 36.5. The maximum atomic E-state index is 12.2. The molecule has 1 aliphatic rings. The highest BCUT2D eigenvalue weighted by molar-refractivity contribution is 7.17. The highest BCUT2D eigenvalue weighted by Crippen LogP contribution is 2.37. The predicted octanol–water partition coefficient (Wildman–Crippen LogP) is 2.86. The van der Waals surface area contributed by atoms with Gasteiger partial charge < -0.3 is 14.8 Å². The molecule has 0 spiro atoms. The van der Waals surface area contributed by atoms with Crippen molar-refractivity contribution in [2.45, 2.75) is 39.0 Å². The summed E-state index contributed by atoms with van der Waals surface area (Å²) in [7, 11) is 1.33. The summed E-state index contributed by atoms with van der Waals surface area (Å²) < 4.78 is 9.69. The summed E-state index contributed by atoms with van der Waals surface area (Å²) in [5.74, 6) is -1.51. The van der Waals surface area contributed by atoms with Gasteiger partial charge in [-0.1, -0.05) is 12.5 Å².